The molecule has 2 heteroatoms. The molecule has 2 N–H and O–H groups in total. The highest BCUT2D eigenvalue weighted by atomic mass is 16.3. The van der Waals surface area contributed by atoms with Crippen LogP contribution in [0.1, 0.15) is 33.6 Å². The van der Waals surface area contributed by atoms with Crippen LogP contribution in [-0.2, 0) is 0 Å². The topological polar surface area (TPSA) is 32.3 Å². The molecule has 0 fully saturated rings. The number of rotatable bonds is 6. The molecular weight excluding hydrogens is 150 g/mol. The van der Waals surface area contributed by atoms with E-state index in [1.54, 1.807) is 0 Å². The van der Waals surface area contributed by atoms with Crippen molar-refractivity contribution in [2.24, 2.45) is 0 Å². The summed E-state index contributed by atoms with van der Waals surface area (Å²) in [7, 11) is 0. The van der Waals surface area contributed by atoms with E-state index in [0.29, 0.717) is 0 Å². The Labute approximate surface area is 75.7 Å². The molecule has 0 aromatic rings. The van der Waals surface area contributed by atoms with Crippen molar-refractivity contribution < 1.29 is 5.11 Å². The molecule has 0 radical (unpaired) electrons. The van der Waals surface area contributed by atoms with Gasteiger partial charge in [-0.25, -0.2) is 0 Å². The Morgan fingerprint density at radius 2 is 2.08 bits per heavy atom. The molecule has 12 heavy (non-hydrogen) atoms. The molecule has 0 saturated carbocycles. The van der Waals surface area contributed by atoms with E-state index in [9.17, 15) is 0 Å². The molecule has 72 valence electrons. The molecule has 2 nitrogen and oxygen atoms in total. The molecule has 0 aliphatic heterocycles. The van der Waals surface area contributed by atoms with E-state index in [-0.39, 0.29) is 12.1 Å². The molecule has 0 rings (SSSR count). The average Bonchev–Trinajstić information content (AvgIpc) is 1.85. The largest absolute Gasteiger partial charge is 0.396 e. The van der Waals surface area contributed by atoms with Crippen LogP contribution in [0.4, 0.5) is 0 Å². The average molecular weight is 171 g/mol. The smallest absolute Gasteiger partial charge is 0.0448 e. The van der Waals surface area contributed by atoms with E-state index >= 15 is 0 Å². The van der Waals surface area contributed by atoms with Crippen LogP contribution >= 0.6 is 0 Å². The Morgan fingerprint density at radius 1 is 1.50 bits per heavy atom. The van der Waals surface area contributed by atoms with Crippen LogP contribution in [-0.4, -0.2) is 23.8 Å². The minimum absolute atomic E-state index is 0.0458. The predicted molar refractivity (Wildman–Crippen MR) is 53.2 cm³/mol. The second-order valence-corrected chi connectivity index (χ2v) is 3.99. The molecule has 0 aromatic carbocycles. The fourth-order valence-corrected chi connectivity index (χ4v) is 0.982. The standard InChI is InChI=1S/C10H21NO/c1-9(2)5-7-11-10(3,4)6-8-12/h11-12H,1,5-8H2,2-4H3. The van der Waals surface area contributed by atoms with Gasteiger partial charge in [-0.1, -0.05) is 5.57 Å². The maximum Gasteiger partial charge on any atom is 0.0448 e. The summed E-state index contributed by atoms with van der Waals surface area (Å²) >= 11 is 0. The molecule has 0 saturated heterocycles. The quantitative estimate of drug-likeness (QED) is 0.596. The van der Waals surface area contributed by atoms with E-state index in [0.717, 1.165) is 19.4 Å². The zero-order valence-corrected chi connectivity index (χ0v) is 8.48. The van der Waals surface area contributed by atoms with Crippen molar-refractivity contribution in [1.82, 2.24) is 5.32 Å². The third-order valence-electron chi connectivity index (χ3n) is 1.89. The molecule has 0 atom stereocenters. The molecule has 0 spiro atoms. The maximum absolute atomic E-state index is 8.75. The van der Waals surface area contributed by atoms with Gasteiger partial charge >= 0.3 is 0 Å². The summed E-state index contributed by atoms with van der Waals surface area (Å²) in [4.78, 5) is 0. The predicted octanol–water partition coefficient (Wildman–Crippen LogP) is 1.70. The van der Waals surface area contributed by atoms with Gasteiger partial charge in [-0.3, -0.25) is 0 Å². The summed E-state index contributed by atoms with van der Waals surface area (Å²) in [5, 5.41) is 12.1. The van der Waals surface area contributed by atoms with Gasteiger partial charge in [-0.15, -0.1) is 6.58 Å². The van der Waals surface area contributed by atoms with Gasteiger partial charge in [-0.2, -0.15) is 0 Å². The highest BCUT2D eigenvalue weighted by Gasteiger charge is 2.14. The van der Waals surface area contributed by atoms with E-state index in [1.165, 1.54) is 5.57 Å². The molecule has 0 aliphatic rings. The Morgan fingerprint density at radius 3 is 2.50 bits per heavy atom. The van der Waals surface area contributed by atoms with E-state index in [1.807, 2.05) is 6.92 Å². The molecule has 0 aliphatic carbocycles. The first-order valence-corrected chi connectivity index (χ1v) is 4.48. The number of nitrogens with one attached hydrogen (secondary N) is 1. The Balaban J connectivity index is 3.53. The van der Waals surface area contributed by atoms with Crippen LogP contribution < -0.4 is 5.32 Å². The van der Waals surface area contributed by atoms with Gasteiger partial charge in [-0.05, 0) is 40.2 Å². The molecule has 0 bridgehead atoms. The minimum Gasteiger partial charge on any atom is -0.396 e. The van der Waals surface area contributed by atoms with Gasteiger partial charge in [0.1, 0.15) is 0 Å². The minimum atomic E-state index is 0.0458. The lowest BCUT2D eigenvalue weighted by Crippen LogP contribution is -2.40. The van der Waals surface area contributed by atoms with Gasteiger partial charge in [0.25, 0.3) is 0 Å². The zero-order valence-electron chi connectivity index (χ0n) is 8.48. The third kappa shape index (κ3) is 6.38. The SMILES string of the molecule is C=C(C)CCNC(C)(C)CCO. The molecule has 0 amide bonds. The second kappa shape index (κ2) is 5.33. The number of aliphatic hydroxyl groups excluding tert-OH is 1. The van der Waals surface area contributed by atoms with Gasteiger partial charge in [0, 0.05) is 12.1 Å². The number of aliphatic hydroxyl groups is 1. The van der Waals surface area contributed by atoms with E-state index < -0.39 is 0 Å². The van der Waals surface area contributed by atoms with Gasteiger partial charge in [0.2, 0.25) is 0 Å². The molecule has 0 unspecified atom stereocenters. The third-order valence-corrected chi connectivity index (χ3v) is 1.89. The second-order valence-electron chi connectivity index (χ2n) is 3.99. The zero-order chi connectivity index (χ0) is 9.61. The number of hydrogen-bond donors (Lipinski definition) is 2. The summed E-state index contributed by atoms with van der Waals surface area (Å²) in [6, 6.07) is 0. The first-order chi connectivity index (χ1) is 5.48. The highest BCUT2D eigenvalue weighted by molar-refractivity contribution is 4.89. The van der Waals surface area contributed by atoms with Crippen molar-refractivity contribution in [2.45, 2.75) is 39.2 Å². The van der Waals surface area contributed by atoms with Crippen molar-refractivity contribution in [3.8, 4) is 0 Å². The van der Waals surface area contributed by atoms with E-state index in [2.05, 4.69) is 25.7 Å². The summed E-state index contributed by atoms with van der Waals surface area (Å²) in [6.45, 7) is 11.2. The van der Waals surface area contributed by atoms with Crippen molar-refractivity contribution in [2.75, 3.05) is 13.2 Å². The lowest BCUT2D eigenvalue weighted by atomic mass is 10.0. The summed E-state index contributed by atoms with van der Waals surface area (Å²) in [6.07, 6.45) is 1.80. The maximum atomic E-state index is 8.75. The van der Waals surface area contributed by atoms with Crippen LogP contribution in [0.15, 0.2) is 12.2 Å². The van der Waals surface area contributed by atoms with Crippen molar-refractivity contribution in [3.63, 3.8) is 0 Å². The first-order valence-electron chi connectivity index (χ1n) is 4.48. The first kappa shape index (κ1) is 11.7. The molecule has 0 aromatic heterocycles. The van der Waals surface area contributed by atoms with Gasteiger partial charge < -0.3 is 10.4 Å². The van der Waals surface area contributed by atoms with Crippen LogP contribution in [0.25, 0.3) is 0 Å². The van der Waals surface area contributed by atoms with Gasteiger partial charge in [0.15, 0.2) is 0 Å². The molecule has 0 heterocycles. The van der Waals surface area contributed by atoms with Crippen LogP contribution in [0.5, 0.6) is 0 Å². The summed E-state index contributed by atoms with van der Waals surface area (Å²) in [5.41, 5.74) is 1.24. The lowest BCUT2D eigenvalue weighted by molar-refractivity contribution is 0.231. The van der Waals surface area contributed by atoms with Crippen LogP contribution in [0.2, 0.25) is 0 Å². The van der Waals surface area contributed by atoms with Crippen molar-refractivity contribution in [1.29, 1.82) is 0 Å². The van der Waals surface area contributed by atoms with Gasteiger partial charge in [0.05, 0.1) is 0 Å². The van der Waals surface area contributed by atoms with Crippen molar-refractivity contribution >= 4 is 0 Å². The normalized spacial score (nSPS) is 11.7. The Bertz CT molecular complexity index is 141. The number of hydrogen-bond acceptors (Lipinski definition) is 2. The monoisotopic (exact) mass is 171 g/mol. The van der Waals surface area contributed by atoms with Crippen LogP contribution in [0, 0.1) is 0 Å². The summed E-state index contributed by atoms with van der Waals surface area (Å²) < 4.78 is 0. The van der Waals surface area contributed by atoms with E-state index in [4.69, 9.17) is 5.11 Å². The fraction of sp³-hybridized carbons (Fsp3) is 0.800. The Kier molecular flexibility index (Phi) is 5.18. The molecular formula is C10H21NO. The highest BCUT2D eigenvalue weighted by Crippen LogP contribution is 2.07. The summed E-state index contributed by atoms with van der Waals surface area (Å²) in [5.74, 6) is 0. The Hall–Kier alpha value is -0.340. The fourth-order valence-electron chi connectivity index (χ4n) is 0.982. The van der Waals surface area contributed by atoms with Crippen LogP contribution in [0.3, 0.4) is 0 Å². The van der Waals surface area contributed by atoms with Crippen molar-refractivity contribution in [3.05, 3.63) is 12.2 Å². The lowest BCUT2D eigenvalue weighted by Gasteiger charge is -2.25.